The van der Waals surface area contributed by atoms with Crippen LogP contribution >= 0.6 is 0 Å². The zero-order valence-electron chi connectivity index (χ0n) is 8.84. The Morgan fingerprint density at radius 3 is 2.81 bits per heavy atom. The number of fused-ring (bicyclic) bond motifs is 2. The van der Waals surface area contributed by atoms with Crippen LogP contribution in [-0.2, 0) is 0 Å². The molecule has 1 aromatic rings. The molecule has 86 valence electrons. The number of halogens is 2. The third kappa shape index (κ3) is 1.17. The van der Waals surface area contributed by atoms with Crippen molar-refractivity contribution in [1.29, 1.82) is 0 Å². The second-order valence-corrected chi connectivity index (χ2v) is 4.13. The lowest BCUT2D eigenvalue weighted by Crippen LogP contribution is -2.26. The number of rotatable bonds is 0. The molecule has 0 N–H and O–H groups in total. The molecule has 0 fully saturated rings. The number of hydrogen-bond acceptors (Lipinski definition) is 3. The molecule has 1 atom stereocenters. The Balaban J connectivity index is 2.17. The van der Waals surface area contributed by atoms with E-state index in [4.69, 9.17) is 4.74 Å². The van der Waals surface area contributed by atoms with E-state index in [0.717, 1.165) is 5.56 Å². The average Bonchev–Trinajstić information content (AvgIpc) is 2.68. The lowest BCUT2D eigenvalue weighted by molar-refractivity contribution is -0.286. The molecule has 0 saturated carbocycles. The highest BCUT2D eigenvalue weighted by Gasteiger charge is 2.46. The van der Waals surface area contributed by atoms with Crippen molar-refractivity contribution in [2.75, 3.05) is 6.61 Å². The van der Waals surface area contributed by atoms with Crippen LogP contribution in [0.2, 0.25) is 0 Å². The van der Waals surface area contributed by atoms with Crippen LogP contribution in [0.3, 0.4) is 0 Å². The molecule has 3 rings (SSSR count). The van der Waals surface area contributed by atoms with Gasteiger partial charge in [0.15, 0.2) is 11.5 Å². The van der Waals surface area contributed by atoms with Crippen molar-refractivity contribution in [3.8, 4) is 17.2 Å². The predicted octanol–water partition coefficient (Wildman–Crippen LogP) is 2.81. The van der Waals surface area contributed by atoms with Crippen molar-refractivity contribution >= 4 is 0 Å². The highest BCUT2D eigenvalue weighted by molar-refractivity contribution is 5.60. The predicted molar refractivity (Wildman–Crippen MR) is 51.3 cm³/mol. The third-order valence-corrected chi connectivity index (χ3v) is 2.91. The van der Waals surface area contributed by atoms with E-state index < -0.39 is 6.29 Å². The highest BCUT2D eigenvalue weighted by atomic mass is 19.3. The van der Waals surface area contributed by atoms with Gasteiger partial charge >= 0.3 is 6.29 Å². The molecule has 1 unspecified atom stereocenters. The molecule has 0 bridgehead atoms. The molecule has 2 aliphatic rings. The molecule has 16 heavy (non-hydrogen) atoms. The molecule has 2 aliphatic heterocycles. The van der Waals surface area contributed by atoms with Gasteiger partial charge < -0.3 is 14.2 Å². The summed E-state index contributed by atoms with van der Waals surface area (Å²) in [7, 11) is 0. The lowest BCUT2D eigenvalue weighted by atomic mass is 10.00. The number of benzene rings is 1. The van der Waals surface area contributed by atoms with Gasteiger partial charge in [-0.25, -0.2) is 0 Å². The number of ether oxygens (including phenoxy) is 3. The highest BCUT2D eigenvalue weighted by Crippen LogP contribution is 2.51. The monoisotopic (exact) mass is 228 g/mol. The summed E-state index contributed by atoms with van der Waals surface area (Å²) in [6, 6.07) is 1.58. The van der Waals surface area contributed by atoms with Gasteiger partial charge in [0.25, 0.3) is 0 Å². The molecular weight excluding hydrogens is 218 g/mol. The Hall–Kier alpha value is -1.52. The van der Waals surface area contributed by atoms with Crippen LogP contribution in [0.25, 0.3) is 0 Å². The van der Waals surface area contributed by atoms with Crippen LogP contribution in [0, 0.1) is 6.92 Å². The van der Waals surface area contributed by atoms with Crippen molar-refractivity contribution in [3.05, 3.63) is 17.2 Å². The number of alkyl halides is 2. The Kier molecular flexibility index (Phi) is 1.68. The van der Waals surface area contributed by atoms with Gasteiger partial charge in [0.1, 0.15) is 5.75 Å². The van der Waals surface area contributed by atoms with Crippen molar-refractivity contribution < 1.29 is 23.0 Å². The smallest absolute Gasteiger partial charge is 0.492 e. The molecule has 0 spiro atoms. The van der Waals surface area contributed by atoms with E-state index in [1.807, 2.05) is 6.92 Å². The van der Waals surface area contributed by atoms with Crippen LogP contribution in [0.5, 0.6) is 17.2 Å². The van der Waals surface area contributed by atoms with E-state index >= 15 is 0 Å². The third-order valence-electron chi connectivity index (χ3n) is 2.91. The van der Waals surface area contributed by atoms with Crippen LogP contribution < -0.4 is 14.2 Å². The van der Waals surface area contributed by atoms with Crippen LogP contribution in [-0.4, -0.2) is 12.9 Å². The van der Waals surface area contributed by atoms with E-state index in [1.54, 1.807) is 13.0 Å². The molecule has 3 nitrogen and oxygen atoms in total. The fraction of sp³-hybridized carbons (Fsp3) is 0.455. The van der Waals surface area contributed by atoms with Gasteiger partial charge in [0.2, 0.25) is 0 Å². The molecule has 1 aromatic carbocycles. The summed E-state index contributed by atoms with van der Waals surface area (Å²) in [6.45, 7) is 4.24. The Labute approximate surface area is 90.9 Å². The molecule has 0 saturated heterocycles. The second kappa shape index (κ2) is 2.78. The van der Waals surface area contributed by atoms with Gasteiger partial charge in [-0.2, -0.15) is 0 Å². The van der Waals surface area contributed by atoms with Crippen LogP contribution in [0.15, 0.2) is 6.07 Å². The summed E-state index contributed by atoms with van der Waals surface area (Å²) >= 11 is 0. The van der Waals surface area contributed by atoms with Crippen molar-refractivity contribution in [2.45, 2.75) is 26.1 Å². The van der Waals surface area contributed by atoms with E-state index in [2.05, 4.69) is 9.47 Å². The first-order valence-corrected chi connectivity index (χ1v) is 5.04. The SMILES string of the molecule is Cc1c2c(cc3c1OCC3C)OC(F)(F)O2. The second-order valence-electron chi connectivity index (χ2n) is 4.13. The standard InChI is InChI=1S/C11H10F2O3/c1-5-4-14-9-6(2)10-8(3-7(5)9)15-11(12,13)16-10/h3,5H,4H2,1-2H3. The molecular formula is C11H10F2O3. The Morgan fingerprint density at radius 1 is 1.31 bits per heavy atom. The Morgan fingerprint density at radius 2 is 2.06 bits per heavy atom. The molecule has 2 heterocycles. The fourth-order valence-corrected chi connectivity index (χ4v) is 2.10. The average molecular weight is 228 g/mol. The van der Waals surface area contributed by atoms with Gasteiger partial charge in [-0.15, -0.1) is 8.78 Å². The Bertz CT molecular complexity index is 471. The fourth-order valence-electron chi connectivity index (χ4n) is 2.10. The first-order chi connectivity index (χ1) is 7.48. The minimum Gasteiger partial charge on any atom is -0.492 e. The summed E-state index contributed by atoms with van der Waals surface area (Å²) in [5, 5.41) is 0. The maximum Gasteiger partial charge on any atom is 0.586 e. The van der Waals surface area contributed by atoms with Gasteiger partial charge in [0.05, 0.1) is 6.61 Å². The summed E-state index contributed by atoms with van der Waals surface area (Å²) in [5.41, 5.74) is 1.48. The first kappa shape index (κ1) is 9.69. The van der Waals surface area contributed by atoms with Gasteiger partial charge in [-0.1, -0.05) is 6.92 Å². The number of hydrogen-bond donors (Lipinski definition) is 0. The van der Waals surface area contributed by atoms with Crippen molar-refractivity contribution in [3.63, 3.8) is 0 Å². The molecule has 5 heteroatoms. The quantitative estimate of drug-likeness (QED) is 0.683. The summed E-state index contributed by atoms with van der Waals surface area (Å²) in [6.07, 6.45) is -3.56. The molecule has 0 amide bonds. The summed E-state index contributed by atoms with van der Waals surface area (Å²) in [5.74, 6) is 1.01. The minimum absolute atomic E-state index is 0.0813. The van der Waals surface area contributed by atoms with Crippen molar-refractivity contribution in [2.24, 2.45) is 0 Å². The van der Waals surface area contributed by atoms with Crippen LogP contribution in [0.4, 0.5) is 8.78 Å². The molecule has 0 aliphatic carbocycles. The van der Waals surface area contributed by atoms with E-state index in [9.17, 15) is 8.78 Å². The first-order valence-electron chi connectivity index (χ1n) is 5.04. The maximum atomic E-state index is 12.9. The van der Waals surface area contributed by atoms with E-state index in [0.29, 0.717) is 17.9 Å². The zero-order chi connectivity index (χ0) is 11.5. The normalized spacial score (nSPS) is 24.1. The maximum absolute atomic E-state index is 12.9. The minimum atomic E-state index is -3.56. The molecule has 0 aromatic heterocycles. The van der Waals surface area contributed by atoms with Gasteiger partial charge in [-0.3, -0.25) is 0 Å². The largest absolute Gasteiger partial charge is 0.586 e. The van der Waals surface area contributed by atoms with E-state index in [-0.39, 0.29) is 17.4 Å². The lowest BCUT2D eigenvalue weighted by Gasteiger charge is -2.07. The molecule has 0 radical (unpaired) electrons. The summed E-state index contributed by atoms with van der Waals surface area (Å²) < 4.78 is 40.2. The topological polar surface area (TPSA) is 27.7 Å². The van der Waals surface area contributed by atoms with Gasteiger partial charge in [0, 0.05) is 17.0 Å². The van der Waals surface area contributed by atoms with Crippen LogP contribution in [0.1, 0.15) is 24.0 Å². The van der Waals surface area contributed by atoms with E-state index in [1.165, 1.54) is 0 Å². The zero-order valence-corrected chi connectivity index (χ0v) is 8.84. The van der Waals surface area contributed by atoms with Crippen molar-refractivity contribution in [1.82, 2.24) is 0 Å². The van der Waals surface area contributed by atoms with Gasteiger partial charge in [-0.05, 0) is 13.0 Å². The summed E-state index contributed by atoms with van der Waals surface area (Å²) in [4.78, 5) is 0.